The van der Waals surface area contributed by atoms with Crippen LogP contribution in [0.15, 0.2) is 60.2 Å². The van der Waals surface area contributed by atoms with E-state index in [2.05, 4.69) is 20.4 Å². The molecule has 27 heavy (non-hydrogen) atoms. The van der Waals surface area contributed by atoms with Gasteiger partial charge in [0, 0.05) is 34.6 Å². The molecule has 1 N–H and O–H groups in total. The summed E-state index contributed by atoms with van der Waals surface area (Å²) in [7, 11) is 0. The van der Waals surface area contributed by atoms with Crippen molar-refractivity contribution >= 4 is 22.4 Å². The largest absolute Gasteiger partial charge is 0.298 e. The molecule has 0 aliphatic heterocycles. The van der Waals surface area contributed by atoms with Crippen molar-refractivity contribution in [1.82, 2.24) is 19.7 Å². The third-order valence-corrected chi connectivity index (χ3v) is 4.82. The second-order valence-electron chi connectivity index (χ2n) is 6.12. The third-order valence-electron chi connectivity index (χ3n) is 4.06. The minimum atomic E-state index is -0.200. The Hall–Kier alpha value is -3.32. The number of nitrogens with zero attached hydrogens (tertiary/aromatic N) is 4. The Labute approximate surface area is 160 Å². The van der Waals surface area contributed by atoms with Crippen molar-refractivity contribution in [2.75, 3.05) is 5.32 Å². The van der Waals surface area contributed by atoms with Gasteiger partial charge in [0.2, 0.25) is 0 Å². The quantitative estimate of drug-likeness (QED) is 0.578. The zero-order valence-electron chi connectivity index (χ0n) is 14.9. The molecule has 134 valence electrons. The van der Waals surface area contributed by atoms with Crippen LogP contribution in [-0.4, -0.2) is 25.7 Å². The van der Waals surface area contributed by atoms with E-state index in [-0.39, 0.29) is 5.91 Å². The number of carbonyl (C=O) groups excluding carboxylic acids is 1. The molecule has 4 aromatic rings. The van der Waals surface area contributed by atoms with E-state index in [4.69, 9.17) is 0 Å². The van der Waals surface area contributed by atoms with E-state index in [0.717, 1.165) is 28.3 Å². The van der Waals surface area contributed by atoms with Gasteiger partial charge < -0.3 is 0 Å². The number of amides is 1. The molecule has 0 atom stereocenters. The highest BCUT2D eigenvalue weighted by Gasteiger charge is 2.12. The Kier molecular flexibility index (Phi) is 4.52. The van der Waals surface area contributed by atoms with Crippen molar-refractivity contribution in [3.8, 4) is 16.9 Å². The predicted octanol–water partition coefficient (Wildman–Crippen LogP) is 4.26. The molecule has 0 saturated heterocycles. The van der Waals surface area contributed by atoms with E-state index < -0.39 is 0 Å². The first-order chi connectivity index (χ1) is 13.1. The number of hydrogen-bond acceptors (Lipinski definition) is 5. The molecule has 6 nitrogen and oxygen atoms in total. The van der Waals surface area contributed by atoms with Gasteiger partial charge in [-0.25, -0.2) is 9.67 Å². The normalized spacial score (nSPS) is 10.7. The predicted molar refractivity (Wildman–Crippen MR) is 106 cm³/mol. The number of rotatable bonds is 4. The van der Waals surface area contributed by atoms with Crippen LogP contribution in [0.25, 0.3) is 16.9 Å². The second-order valence-corrected chi connectivity index (χ2v) is 6.98. The fourth-order valence-corrected chi connectivity index (χ4v) is 3.54. The van der Waals surface area contributed by atoms with Gasteiger partial charge in [0.25, 0.3) is 5.91 Å². The SMILES string of the molecule is Cc1cc(C)n(-c2cccc(C(=O)Nc3nc(-c4ccncc4)cs3)c2)n1. The number of hydrogen-bond donors (Lipinski definition) is 1. The van der Waals surface area contributed by atoms with Gasteiger partial charge in [-0.15, -0.1) is 11.3 Å². The topological polar surface area (TPSA) is 72.7 Å². The summed E-state index contributed by atoms with van der Waals surface area (Å²) in [6.07, 6.45) is 3.44. The van der Waals surface area contributed by atoms with Gasteiger partial charge in [-0.05, 0) is 50.2 Å². The van der Waals surface area contributed by atoms with Crippen LogP contribution in [0.1, 0.15) is 21.7 Å². The molecular weight excluding hydrogens is 358 g/mol. The molecule has 1 aromatic carbocycles. The van der Waals surface area contributed by atoms with Gasteiger partial charge in [0.1, 0.15) is 0 Å². The molecule has 0 aliphatic rings. The lowest BCUT2D eigenvalue weighted by atomic mass is 10.2. The molecule has 1 amide bonds. The summed E-state index contributed by atoms with van der Waals surface area (Å²) in [4.78, 5) is 21.1. The average molecular weight is 375 g/mol. The summed E-state index contributed by atoms with van der Waals surface area (Å²) >= 11 is 1.39. The van der Waals surface area contributed by atoms with E-state index in [1.807, 2.05) is 60.3 Å². The number of pyridine rings is 1. The summed E-state index contributed by atoms with van der Waals surface area (Å²) in [6.45, 7) is 3.94. The number of benzene rings is 1. The van der Waals surface area contributed by atoms with E-state index >= 15 is 0 Å². The lowest BCUT2D eigenvalue weighted by molar-refractivity contribution is 0.102. The number of anilines is 1. The van der Waals surface area contributed by atoms with Crippen LogP contribution in [0.3, 0.4) is 0 Å². The van der Waals surface area contributed by atoms with Crippen molar-refractivity contribution in [2.24, 2.45) is 0 Å². The van der Waals surface area contributed by atoms with Gasteiger partial charge in [-0.3, -0.25) is 15.1 Å². The smallest absolute Gasteiger partial charge is 0.257 e. The molecule has 0 radical (unpaired) electrons. The summed E-state index contributed by atoms with van der Waals surface area (Å²) in [5.74, 6) is -0.200. The number of aromatic nitrogens is 4. The Morgan fingerprint density at radius 2 is 1.93 bits per heavy atom. The molecule has 3 aromatic heterocycles. The van der Waals surface area contributed by atoms with E-state index in [9.17, 15) is 4.79 Å². The number of thiazole rings is 1. The molecule has 0 fully saturated rings. The highest BCUT2D eigenvalue weighted by atomic mass is 32.1. The van der Waals surface area contributed by atoms with Crippen LogP contribution in [0, 0.1) is 13.8 Å². The average Bonchev–Trinajstić information content (AvgIpc) is 3.28. The molecule has 4 rings (SSSR count). The Balaban J connectivity index is 1.55. The zero-order chi connectivity index (χ0) is 18.8. The second kappa shape index (κ2) is 7.13. The van der Waals surface area contributed by atoms with Crippen LogP contribution in [0.5, 0.6) is 0 Å². The van der Waals surface area contributed by atoms with Gasteiger partial charge in [-0.1, -0.05) is 6.07 Å². The first kappa shape index (κ1) is 17.1. The highest BCUT2D eigenvalue weighted by Crippen LogP contribution is 2.25. The van der Waals surface area contributed by atoms with Gasteiger partial charge in [0.05, 0.1) is 17.1 Å². The fourth-order valence-electron chi connectivity index (χ4n) is 2.82. The summed E-state index contributed by atoms with van der Waals surface area (Å²) in [5, 5.41) is 9.81. The van der Waals surface area contributed by atoms with Crippen LogP contribution >= 0.6 is 11.3 Å². The minimum absolute atomic E-state index is 0.200. The molecule has 0 unspecified atom stereocenters. The lowest BCUT2D eigenvalue weighted by Gasteiger charge is -2.07. The number of nitrogens with one attached hydrogen (secondary N) is 1. The first-order valence-corrected chi connectivity index (χ1v) is 9.29. The lowest BCUT2D eigenvalue weighted by Crippen LogP contribution is -2.12. The van der Waals surface area contributed by atoms with Gasteiger partial charge in [0.15, 0.2) is 5.13 Å². The Bertz CT molecular complexity index is 1100. The van der Waals surface area contributed by atoms with E-state index in [1.54, 1.807) is 18.5 Å². The summed E-state index contributed by atoms with van der Waals surface area (Å²) < 4.78 is 1.83. The molecule has 3 heterocycles. The van der Waals surface area contributed by atoms with E-state index in [0.29, 0.717) is 10.7 Å². The standard InChI is InChI=1S/C20H17N5OS/c1-13-10-14(2)25(24-13)17-5-3-4-16(11-17)19(26)23-20-22-18(12-27-20)15-6-8-21-9-7-15/h3-12H,1-2H3,(H,22,23,26). The van der Waals surface area contributed by atoms with Gasteiger partial charge >= 0.3 is 0 Å². The van der Waals surface area contributed by atoms with Crippen molar-refractivity contribution < 1.29 is 4.79 Å². The zero-order valence-corrected chi connectivity index (χ0v) is 15.7. The first-order valence-electron chi connectivity index (χ1n) is 8.41. The minimum Gasteiger partial charge on any atom is -0.298 e. The maximum Gasteiger partial charge on any atom is 0.257 e. The molecule has 0 bridgehead atoms. The number of aryl methyl sites for hydroxylation is 2. The molecule has 0 saturated carbocycles. The third kappa shape index (κ3) is 3.63. The van der Waals surface area contributed by atoms with E-state index in [1.165, 1.54) is 11.3 Å². The van der Waals surface area contributed by atoms with Gasteiger partial charge in [-0.2, -0.15) is 5.10 Å². The fraction of sp³-hybridized carbons (Fsp3) is 0.100. The van der Waals surface area contributed by atoms with Crippen molar-refractivity contribution in [2.45, 2.75) is 13.8 Å². The van der Waals surface area contributed by atoms with Crippen LogP contribution in [0.2, 0.25) is 0 Å². The molecule has 0 aliphatic carbocycles. The molecular formula is C20H17N5OS. The van der Waals surface area contributed by atoms with Crippen molar-refractivity contribution in [3.63, 3.8) is 0 Å². The summed E-state index contributed by atoms with van der Waals surface area (Å²) in [5.41, 5.74) is 5.15. The Morgan fingerprint density at radius 1 is 1.11 bits per heavy atom. The monoisotopic (exact) mass is 375 g/mol. The summed E-state index contributed by atoms with van der Waals surface area (Å²) in [6, 6.07) is 13.2. The maximum absolute atomic E-state index is 12.6. The van der Waals surface area contributed by atoms with Crippen molar-refractivity contribution in [3.05, 3.63) is 77.2 Å². The van der Waals surface area contributed by atoms with Crippen LogP contribution in [0.4, 0.5) is 5.13 Å². The molecule has 0 spiro atoms. The maximum atomic E-state index is 12.6. The molecule has 7 heteroatoms. The van der Waals surface area contributed by atoms with Crippen LogP contribution in [-0.2, 0) is 0 Å². The van der Waals surface area contributed by atoms with Crippen molar-refractivity contribution in [1.29, 1.82) is 0 Å². The number of carbonyl (C=O) groups is 1. The Morgan fingerprint density at radius 3 is 2.67 bits per heavy atom. The highest BCUT2D eigenvalue weighted by molar-refractivity contribution is 7.14. The van der Waals surface area contributed by atoms with Crippen LogP contribution < -0.4 is 5.32 Å².